The maximum atomic E-state index is 12.1. The molecule has 0 saturated carbocycles. The summed E-state index contributed by atoms with van der Waals surface area (Å²) in [5.41, 5.74) is 2.00. The summed E-state index contributed by atoms with van der Waals surface area (Å²) in [5.74, 6) is 0.113. The van der Waals surface area contributed by atoms with Gasteiger partial charge in [0.25, 0.3) is 5.91 Å². The molecule has 2 nitrogen and oxygen atoms in total. The number of nitrogens with zero attached hydrogens (tertiary/aromatic N) is 1. The fraction of sp³-hybridized carbons (Fsp3) is 0.154. The molecule has 0 N–H and O–H groups in total. The molecule has 2 heterocycles. The van der Waals surface area contributed by atoms with Crippen molar-refractivity contribution in [2.24, 2.45) is 0 Å². The van der Waals surface area contributed by atoms with Gasteiger partial charge in [-0.15, -0.1) is 0 Å². The van der Waals surface area contributed by atoms with E-state index in [4.69, 9.17) is 0 Å². The molecule has 74 valence electrons. The molecule has 2 aliphatic rings. The molecular formula is C13H11NO. The highest BCUT2D eigenvalue weighted by atomic mass is 16.2. The summed E-state index contributed by atoms with van der Waals surface area (Å²) in [6.07, 6.45) is 8.77. The molecule has 0 aromatic heterocycles. The van der Waals surface area contributed by atoms with Crippen LogP contribution in [-0.4, -0.2) is 16.8 Å². The summed E-state index contributed by atoms with van der Waals surface area (Å²) in [5, 5.41) is 0. The van der Waals surface area contributed by atoms with Crippen molar-refractivity contribution in [1.29, 1.82) is 0 Å². The van der Waals surface area contributed by atoms with Crippen LogP contribution in [0.1, 0.15) is 15.9 Å². The second kappa shape index (κ2) is 3.09. The topological polar surface area (TPSA) is 20.3 Å². The Hall–Kier alpha value is -1.83. The third-order valence-electron chi connectivity index (χ3n) is 2.96. The highest BCUT2D eigenvalue weighted by Crippen LogP contribution is 2.25. The van der Waals surface area contributed by atoms with Crippen LogP contribution in [0, 0.1) is 0 Å². The average molecular weight is 197 g/mol. The highest BCUT2D eigenvalue weighted by Gasteiger charge is 2.29. The third-order valence-corrected chi connectivity index (χ3v) is 2.96. The smallest absolute Gasteiger partial charge is 0.258 e. The molecule has 15 heavy (non-hydrogen) atoms. The number of rotatable bonds is 0. The minimum absolute atomic E-state index is 0.113. The van der Waals surface area contributed by atoms with E-state index in [2.05, 4.69) is 6.08 Å². The van der Waals surface area contributed by atoms with E-state index >= 15 is 0 Å². The summed E-state index contributed by atoms with van der Waals surface area (Å²) >= 11 is 0. The molecule has 1 amide bonds. The number of allylic oxidation sites excluding steroid dienone is 2. The predicted octanol–water partition coefficient (Wildman–Crippen LogP) is 2.14. The van der Waals surface area contributed by atoms with Crippen LogP contribution in [-0.2, 0) is 6.42 Å². The molecule has 2 heteroatoms. The Bertz CT molecular complexity index is 473. The summed E-state index contributed by atoms with van der Waals surface area (Å²) in [6, 6.07) is 8.05. The number of amides is 1. The van der Waals surface area contributed by atoms with Gasteiger partial charge in [0, 0.05) is 11.8 Å². The Kier molecular flexibility index (Phi) is 1.75. The minimum atomic E-state index is 0.113. The molecule has 0 unspecified atom stereocenters. The zero-order valence-electron chi connectivity index (χ0n) is 8.26. The molecule has 0 bridgehead atoms. The lowest BCUT2D eigenvalue weighted by atomic mass is 9.92. The van der Waals surface area contributed by atoms with Gasteiger partial charge in [-0.3, -0.25) is 4.79 Å². The molecular weight excluding hydrogens is 186 g/mol. The van der Waals surface area contributed by atoms with Crippen LogP contribution in [0.4, 0.5) is 0 Å². The Morgan fingerprint density at radius 1 is 1.20 bits per heavy atom. The lowest BCUT2D eigenvalue weighted by Gasteiger charge is -2.33. The van der Waals surface area contributed by atoms with Crippen LogP contribution in [0.3, 0.4) is 0 Å². The molecule has 0 radical (unpaired) electrons. The first-order chi connectivity index (χ1) is 7.36. The van der Waals surface area contributed by atoms with Crippen molar-refractivity contribution in [3.05, 3.63) is 59.8 Å². The van der Waals surface area contributed by atoms with E-state index in [0.717, 1.165) is 17.5 Å². The molecule has 2 aliphatic heterocycles. The van der Waals surface area contributed by atoms with Gasteiger partial charge in [-0.1, -0.05) is 30.4 Å². The summed E-state index contributed by atoms with van der Waals surface area (Å²) in [4.78, 5) is 13.9. The second-order valence-electron chi connectivity index (χ2n) is 3.87. The lowest BCUT2D eigenvalue weighted by molar-refractivity contribution is 0.0772. The first-order valence-corrected chi connectivity index (χ1v) is 5.12. The normalized spacial score (nSPS) is 22.5. The largest absolute Gasteiger partial charge is 0.308 e. The van der Waals surface area contributed by atoms with Crippen LogP contribution in [0.5, 0.6) is 0 Å². The summed E-state index contributed by atoms with van der Waals surface area (Å²) in [6.45, 7) is 0. The van der Waals surface area contributed by atoms with Crippen LogP contribution in [0.2, 0.25) is 0 Å². The highest BCUT2D eigenvalue weighted by molar-refractivity contribution is 5.98. The van der Waals surface area contributed by atoms with Gasteiger partial charge in [-0.05, 0) is 24.1 Å². The number of carbonyl (C=O) groups excluding carboxylic acids is 1. The van der Waals surface area contributed by atoms with Crippen molar-refractivity contribution < 1.29 is 4.79 Å². The van der Waals surface area contributed by atoms with E-state index < -0.39 is 0 Å². The van der Waals surface area contributed by atoms with Gasteiger partial charge in [0.05, 0.1) is 6.04 Å². The van der Waals surface area contributed by atoms with E-state index in [1.807, 2.05) is 47.5 Å². The van der Waals surface area contributed by atoms with Crippen LogP contribution < -0.4 is 0 Å². The van der Waals surface area contributed by atoms with E-state index in [1.54, 1.807) is 0 Å². The van der Waals surface area contributed by atoms with Crippen molar-refractivity contribution in [2.75, 3.05) is 0 Å². The molecule has 3 rings (SSSR count). The van der Waals surface area contributed by atoms with Crippen LogP contribution in [0.15, 0.2) is 48.7 Å². The van der Waals surface area contributed by atoms with Gasteiger partial charge in [-0.25, -0.2) is 0 Å². The molecule has 0 spiro atoms. The van der Waals surface area contributed by atoms with Gasteiger partial charge < -0.3 is 4.90 Å². The average Bonchev–Trinajstić information content (AvgIpc) is 2.30. The molecule has 0 saturated heterocycles. The number of carbonyl (C=O) groups is 1. The zero-order valence-corrected chi connectivity index (χ0v) is 8.26. The standard InChI is InChI=1S/C13H11NO/c15-13-12-7-2-1-5-10(12)9-11-6-3-4-8-14(11)13/h1-8,11H,9H2/t11-/m1/s1. The number of hydrogen-bond acceptors (Lipinski definition) is 1. The SMILES string of the molecule is O=C1c2ccccc2C[C@H]2C=CC=CN12. The summed E-state index contributed by atoms with van der Waals surface area (Å²) in [7, 11) is 0. The van der Waals surface area contributed by atoms with Gasteiger partial charge in [0.1, 0.15) is 0 Å². The van der Waals surface area contributed by atoms with Crippen molar-refractivity contribution in [1.82, 2.24) is 4.90 Å². The first kappa shape index (κ1) is 8.48. The monoisotopic (exact) mass is 197 g/mol. The van der Waals surface area contributed by atoms with Crippen molar-refractivity contribution in [3.8, 4) is 0 Å². The van der Waals surface area contributed by atoms with Gasteiger partial charge in [0.15, 0.2) is 0 Å². The van der Waals surface area contributed by atoms with Gasteiger partial charge in [0.2, 0.25) is 0 Å². The first-order valence-electron chi connectivity index (χ1n) is 5.12. The molecule has 1 aromatic rings. The Labute approximate surface area is 88.5 Å². The van der Waals surface area contributed by atoms with Crippen LogP contribution >= 0.6 is 0 Å². The van der Waals surface area contributed by atoms with E-state index in [-0.39, 0.29) is 11.9 Å². The predicted molar refractivity (Wildman–Crippen MR) is 58.4 cm³/mol. The summed E-state index contributed by atoms with van der Waals surface area (Å²) < 4.78 is 0. The maximum absolute atomic E-state index is 12.1. The second-order valence-corrected chi connectivity index (χ2v) is 3.87. The van der Waals surface area contributed by atoms with Crippen molar-refractivity contribution in [2.45, 2.75) is 12.5 Å². The lowest BCUT2D eigenvalue weighted by Crippen LogP contribution is -2.41. The number of benzene rings is 1. The van der Waals surface area contributed by atoms with Gasteiger partial charge in [-0.2, -0.15) is 0 Å². The third kappa shape index (κ3) is 1.22. The zero-order chi connectivity index (χ0) is 10.3. The fourth-order valence-electron chi connectivity index (χ4n) is 2.19. The molecule has 1 aromatic carbocycles. The van der Waals surface area contributed by atoms with E-state index in [0.29, 0.717) is 0 Å². The van der Waals surface area contributed by atoms with Gasteiger partial charge >= 0.3 is 0 Å². The maximum Gasteiger partial charge on any atom is 0.258 e. The van der Waals surface area contributed by atoms with E-state index in [9.17, 15) is 4.79 Å². The Morgan fingerprint density at radius 2 is 2.07 bits per heavy atom. The molecule has 0 aliphatic carbocycles. The fourth-order valence-corrected chi connectivity index (χ4v) is 2.19. The Morgan fingerprint density at radius 3 is 3.00 bits per heavy atom. The van der Waals surface area contributed by atoms with E-state index in [1.165, 1.54) is 0 Å². The van der Waals surface area contributed by atoms with Crippen LogP contribution in [0.25, 0.3) is 0 Å². The number of hydrogen-bond donors (Lipinski definition) is 0. The Balaban J connectivity index is 2.11. The molecule has 0 fully saturated rings. The van der Waals surface area contributed by atoms with Crippen molar-refractivity contribution >= 4 is 5.91 Å². The minimum Gasteiger partial charge on any atom is -0.308 e. The quantitative estimate of drug-likeness (QED) is 0.624. The number of fused-ring (bicyclic) bond motifs is 2. The molecule has 1 atom stereocenters. The van der Waals surface area contributed by atoms with Crippen molar-refractivity contribution in [3.63, 3.8) is 0 Å².